The third-order valence-corrected chi connectivity index (χ3v) is 23.1. The van der Waals surface area contributed by atoms with Gasteiger partial charge in [-0.3, -0.25) is 0 Å². The van der Waals surface area contributed by atoms with Crippen molar-refractivity contribution in [1.29, 1.82) is 0 Å². The molecular formula is C65H98O26. The predicted molar refractivity (Wildman–Crippen MR) is 312 cm³/mol. The maximum atomic E-state index is 13.3. The Bertz CT molecular complexity index is 2670. The van der Waals surface area contributed by atoms with Crippen LogP contribution < -0.4 is 0 Å². The third-order valence-electron chi connectivity index (χ3n) is 23.1. The molecule has 11 fully saturated rings. The number of aliphatic hydroxyl groups excluding tert-OH is 7. The highest BCUT2D eigenvalue weighted by molar-refractivity contribution is 5.87. The number of hydrogen-bond acceptors (Lipinski definition) is 26. The molecule has 8 N–H and O–H groups in total. The number of methoxy groups -OCH3 is 3. The summed E-state index contributed by atoms with van der Waals surface area (Å²) in [6.07, 6.45) is -15.6. The second-order valence-corrected chi connectivity index (χ2v) is 28.0. The van der Waals surface area contributed by atoms with Crippen molar-refractivity contribution in [2.75, 3.05) is 34.5 Å². The van der Waals surface area contributed by atoms with Crippen LogP contribution in [0.15, 0.2) is 36.4 Å². The molecule has 7 aliphatic heterocycles. The molecule has 11 aliphatic rings. The second-order valence-electron chi connectivity index (χ2n) is 28.0. The van der Waals surface area contributed by atoms with Crippen LogP contribution in [0.1, 0.15) is 125 Å². The highest BCUT2D eigenvalue weighted by atomic mass is 16.9. The molecule has 12 rings (SSSR count). The summed E-state index contributed by atoms with van der Waals surface area (Å²) in [6, 6.07) is 9.41. The molecule has 2 bridgehead atoms. The summed E-state index contributed by atoms with van der Waals surface area (Å²) in [5, 5.41) is 90.0. The van der Waals surface area contributed by atoms with Crippen LogP contribution in [0, 0.1) is 22.7 Å². The number of rotatable bonds is 18. The first-order valence-corrected chi connectivity index (χ1v) is 32.8. The van der Waals surface area contributed by atoms with Gasteiger partial charge < -0.3 is 121 Å². The number of fused-ring (bicyclic) bond motifs is 3. The van der Waals surface area contributed by atoms with Crippen LogP contribution in [-0.2, 0) is 85.3 Å². The zero-order valence-electron chi connectivity index (χ0n) is 53.7. The lowest BCUT2D eigenvalue weighted by atomic mass is 9.40. The van der Waals surface area contributed by atoms with Gasteiger partial charge in [-0.15, -0.1) is 0 Å². The van der Waals surface area contributed by atoms with Crippen LogP contribution in [-0.4, -0.2) is 258 Å². The van der Waals surface area contributed by atoms with Crippen molar-refractivity contribution in [2.45, 2.75) is 295 Å². The molecule has 26 nitrogen and oxygen atoms in total. The molecular weight excluding hydrogens is 1200 g/mol. The first-order chi connectivity index (χ1) is 43.3. The van der Waals surface area contributed by atoms with E-state index >= 15 is 0 Å². The van der Waals surface area contributed by atoms with E-state index < -0.39 is 188 Å². The van der Waals surface area contributed by atoms with E-state index in [0.29, 0.717) is 25.7 Å². The average molecular weight is 1300 g/mol. The van der Waals surface area contributed by atoms with Crippen LogP contribution in [0.5, 0.6) is 0 Å². The van der Waals surface area contributed by atoms with Crippen molar-refractivity contribution >= 4 is 12.0 Å². The van der Waals surface area contributed by atoms with Crippen molar-refractivity contribution in [2.24, 2.45) is 22.7 Å². The first kappa shape index (κ1) is 68.4. The zero-order chi connectivity index (χ0) is 64.9. The van der Waals surface area contributed by atoms with E-state index in [4.69, 9.17) is 80.5 Å². The molecule has 33 atom stereocenters. The largest absolute Gasteiger partial charge is 0.456 e. The van der Waals surface area contributed by atoms with Crippen LogP contribution >= 0.6 is 0 Å². The minimum absolute atomic E-state index is 0.0261. The number of hydrogen-bond donors (Lipinski definition) is 8. The van der Waals surface area contributed by atoms with Gasteiger partial charge >= 0.3 is 5.97 Å². The number of ether oxygens (including phenoxy) is 17. The Balaban J connectivity index is 0.624. The lowest BCUT2D eigenvalue weighted by Crippen LogP contribution is -2.80. The van der Waals surface area contributed by atoms with E-state index in [-0.39, 0.29) is 55.6 Å². The molecule has 7 saturated heterocycles. The van der Waals surface area contributed by atoms with Gasteiger partial charge in [-0.2, -0.15) is 0 Å². The van der Waals surface area contributed by atoms with Crippen LogP contribution in [0.25, 0.3) is 6.08 Å². The first-order valence-electron chi connectivity index (χ1n) is 32.8. The van der Waals surface area contributed by atoms with Crippen LogP contribution in [0.4, 0.5) is 0 Å². The van der Waals surface area contributed by atoms with Gasteiger partial charge in [-0.25, -0.2) is 4.79 Å². The molecule has 0 amide bonds. The molecule has 0 radical (unpaired) electrons. The summed E-state index contributed by atoms with van der Waals surface area (Å²) in [4.78, 5) is 13.3. The molecule has 0 aromatic heterocycles. The fraction of sp³-hybridized carbons (Fsp3) is 0.862. The molecule has 514 valence electrons. The van der Waals surface area contributed by atoms with Crippen molar-refractivity contribution in [3.8, 4) is 0 Å². The number of benzene rings is 1. The summed E-state index contributed by atoms with van der Waals surface area (Å²) in [6.45, 7) is 12.2. The number of carbonyl (C=O) groups is 1. The topological polar surface area (TPSA) is 336 Å². The number of carbonyl (C=O) groups excluding carboxylic acids is 1. The van der Waals surface area contributed by atoms with Gasteiger partial charge in [-0.1, -0.05) is 37.3 Å². The van der Waals surface area contributed by atoms with Crippen molar-refractivity contribution in [3.63, 3.8) is 0 Å². The van der Waals surface area contributed by atoms with E-state index in [1.54, 1.807) is 40.9 Å². The van der Waals surface area contributed by atoms with E-state index in [2.05, 4.69) is 6.92 Å². The van der Waals surface area contributed by atoms with Gasteiger partial charge in [0.15, 0.2) is 31.5 Å². The smallest absolute Gasteiger partial charge is 0.331 e. The highest BCUT2D eigenvalue weighted by Crippen LogP contribution is 2.79. The monoisotopic (exact) mass is 1290 g/mol. The molecule has 26 heteroatoms. The molecule has 91 heavy (non-hydrogen) atoms. The molecule has 7 heterocycles. The van der Waals surface area contributed by atoms with E-state index in [0.717, 1.165) is 24.8 Å². The summed E-state index contributed by atoms with van der Waals surface area (Å²) < 4.78 is 108. The van der Waals surface area contributed by atoms with Crippen molar-refractivity contribution in [3.05, 3.63) is 42.0 Å². The number of aliphatic hydroxyl groups is 8. The van der Waals surface area contributed by atoms with Gasteiger partial charge in [0.05, 0.1) is 73.6 Å². The summed E-state index contributed by atoms with van der Waals surface area (Å²) in [7, 11) is 4.47. The minimum Gasteiger partial charge on any atom is -0.456 e. The molecule has 4 aliphatic carbocycles. The maximum absolute atomic E-state index is 13.3. The van der Waals surface area contributed by atoms with Gasteiger partial charge in [0.25, 0.3) is 5.97 Å². The molecule has 2 spiro atoms. The predicted octanol–water partition coefficient (Wildman–Crippen LogP) is 1.99. The molecule has 4 saturated carbocycles. The van der Waals surface area contributed by atoms with Crippen molar-refractivity contribution in [1.82, 2.24) is 0 Å². The lowest BCUT2D eigenvalue weighted by Gasteiger charge is -2.69. The highest BCUT2D eigenvalue weighted by Gasteiger charge is 2.90. The van der Waals surface area contributed by atoms with E-state index in [1.807, 2.05) is 44.2 Å². The Morgan fingerprint density at radius 2 is 1.25 bits per heavy atom. The Labute approximate surface area is 531 Å². The standard InChI is InChI=1S/C65H98O26/c1-31-53(86-47-26-40(75-8)54(32(2)80-47)87-48-27-41(76-9)55(33(3)81-48)88-59-52(73)57(77-10)56(34(4)82-59)89-58-51(72)50(71)49(70)42(29-66)85-58)39(67)25-46(79-31)84-38-19-20-60(6)37(24-38)18-21-64-43(60)28-44(68)62-30-78-61(7,90-64)91-65(62,64)23-22-63(62,74)35(5)83-45(69)17-16-36-14-12-11-13-15-36/h11-17,31-35,37-44,46-59,66-68,70-74H,18-30H2,1-10H3/b17-16+/t31-,32-,33-,34-,35+,37+,38+,39+,40+,41-,42-,43-,44-,46+,47+,48+,49-,50+,51-,52-,53-,54-,55-,56-,57-,58+,59+,60+,61+,62-,63-,64+,65-/m1/s1. The second kappa shape index (κ2) is 26.4. The summed E-state index contributed by atoms with van der Waals surface area (Å²) in [5.41, 5.74) is -4.55. The Morgan fingerprint density at radius 1 is 0.637 bits per heavy atom. The van der Waals surface area contributed by atoms with Gasteiger partial charge in [0, 0.05) is 53.6 Å². The van der Waals surface area contributed by atoms with Crippen molar-refractivity contribution < 1.29 is 126 Å². The quantitative estimate of drug-likeness (QED) is 0.0592. The molecule has 1 aromatic rings. The zero-order valence-corrected chi connectivity index (χ0v) is 53.7. The lowest BCUT2D eigenvalue weighted by molar-refractivity contribution is -0.406. The van der Waals surface area contributed by atoms with Crippen LogP contribution in [0.3, 0.4) is 0 Å². The number of esters is 1. The minimum atomic E-state index is -1.70. The van der Waals surface area contributed by atoms with E-state index in [9.17, 15) is 45.6 Å². The summed E-state index contributed by atoms with van der Waals surface area (Å²) in [5.74, 6) is -1.97. The fourth-order valence-corrected chi connectivity index (χ4v) is 18.5. The molecule has 1 aromatic carbocycles. The Hall–Kier alpha value is -2.53. The normalized spacial score (nSPS) is 52.5. The van der Waals surface area contributed by atoms with Gasteiger partial charge in [-0.05, 0) is 115 Å². The Kier molecular flexibility index (Phi) is 19.8. The van der Waals surface area contributed by atoms with Crippen LogP contribution in [0.2, 0.25) is 0 Å². The SMILES string of the molecule is CO[C@@H]1[C@@H](O)[C@H](O[C@@H]2[C@@H](C)O[C@@H](O[C@H]3[C@@H](OC)C[C@H](O[C@H]4[C@@H](O)C[C@H](O[C@H]5CC[C@@]6(C)[C@@H](CC[C@]78O[C@]9(C)OC[C@]%10([C@H](O)C[C@H]67)[C@@]8(CC[C@@]%10(O)[C@H](C)OC(=O)/C=C/c6ccccc6)O9)C5)O[C@@H]4C)O[C@@H]3C)C[C@H]2OC)O[C@H](C)[C@H]1O[C@@H]1O[C@H](CO)[C@@H](O)[C@H](O)[C@H]1O. The van der Waals surface area contributed by atoms with Gasteiger partial charge in [0.2, 0.25) is 0 Å². The van der Waals surface area contributed by atoms with Gasteiger partial charge in [0.1, 0.15) is 83.9 Å². The van der Waals surface area contributed by atoms with E-state index in [1.165, 1.54) is 20.3 Å². The molecule has 0 unspecified atom stereocenters. The summed E-state index contributed by atoms with van der Waals surface area (Å²) >= 11 is 0. The maximum Gasteiger partial charge on any atom is 0.331 e. The average Bonchev–Trinajstić information content (AvgIpc) is 1.48. The third kappa shape index (κ3) is 11.7. The Morgan fingerprint density at radius 3 is 1.90 bits per heavy atom. The fourth-order valence-electron chi connectivity index (χ4n) is 18.5.